The third-order valence-corrected chi connectivity index (χ3v) is 23.8. The molecule has 0 unspecified atom stereocenters. The van der Waals surface area contributed by atoms with Gasteiger partial charge in [-0.25, -0.2) is 4.79 Å². The van der Waals surface area contributed by atoms with Crippen molar-refractivity contribution < 1.29 is 136 Å². The number of hydrogen-bond acceptors (Lipinski definition) is 30. The first-order valence-corrected chi connectivity index (χ1v) is 48.2. The Morgan fingerprint density at radius 2 is 0.632 bits per heavy atom. The molecule has 0 aromatic carbocycles. The number of aliphatic carboxylic acids is 1. The Morgan fingerprint density at radius 3 is 1.00 bits per heavy atom. The first kappa shape index (κ1) is 127. The number of guanidine groups is 2. The van der Waals surface area contributed by atoms with Gasteiger partial charge in [0.25, 0.3) is 0 Å². The summed E-state index contributed by atoms with van der Waals surface area (Å²) in [6.07, 6.45) is -9.29. The van der Waals surface area contributed by atoms with Gasteiger partial charge in [-0.05, 0) is 156 Å². The van der Waals surface area contributed by atoms with Crippen molar-refractivity contribution in [2.24, 2.45) is 52.5 Å². The Bertz CT molecular complexity index is 4440. The van der Waals surface area contributed by atoms with Gasteiger partial charge in [0.1, 0.15) is 115 Å². The minimum atomic E-state index is -1.99. The Labute approximate surface area is 835 Å². The lowest BCUT2D eigenvalue weighted by Crippen LogP contribution is -2.64. The lowest BCUT2D eigenvalue weighted by atomic mass is 9.96. The fourth-order valence-electron chi connectivity index (χ4n) is 15.0. The van der Waals surface area contributed by atoms with Gasteiger partial charge >= 0.3 is 5.97 Å². The molecule has 0 aromatic rings. The van der Waals surface area contributed by atoms with Crippen molar-refractivity contribution in [3.63, 3.8) is 0 Å². The van der Waals surface area contributed by atoms with E-state index in [0.717, 1.165) is 44.4 Å². The van der Waals surface area contributed by atoms with Crippen LogP contribution in [0.4, 0.5) is 0 Å². The van der Waals surface area contributed by atoms with Crippen molar-refractivity contribution in [2.45, 2.75) is 360 Å². The summed E-state index contributed by atoms with van der Waals surface area (Å²) in [5, 5.41) is 135. The van der Waals surface area contributed by atoms with Crippen molar-refractivity contribution in [3.8, 4) is 0 Å². The van der Waals surface area contributed by atoms with Crippen LogP contribution in [-0.2, 0) is 101 Å². The summed E-state index contributed by atoms with van der Waals surface area (Å²) in [5.41, 5.74) is 22.2. The number of nitrogens with zero attached hydrogens (tertiary/aromatic N) is 2. The summed E-state index contributed by atoms with van der Waals surface area (Å²) in [6.45, 7) is 25.6. The molecule has 55 nitrogen and oxygen atoms in total. The normalized spacial score (nSPS) is 18.5. The molecule has 0 aliphatic carbocycles. The van der Waals surface area contributed by atoms with Crippen LogP contribution in [0, 0.1) is 40.4 Å². The topological polar surface area (TPSA) is 887 Å². The van der Waals surface area contributed by atoms with Gasteiger partial charge in [0.05, 0.1) is 49.6 Å². The number of primary amides is 1. The number of carboxylic acid groups (broad SMARTS) is 1. The molecule has 0 radical (unpaired) electrons. The van der Waals surface area contributed by atoms with Crippen LogP contribution in [0.3, 0.4) is 0 Å². The number of carbonyl (C=O) groups is 21. The van der Waals surface area contributed by atoms with Crippen molar-refractivity contribution in [3.05, 3.63) is 0 Å². The summed E-state index contributed by atoms with van der Waals surface area (Å²) in [5.74, 6) is -25.4. The first-order chi connectivity index (χ1) is 66.9. The van der Waals surface area contributed by atoms with Crippen LogP contribution < -0.4 is 124 Å². The summed E-state index contributed by atoms with van der Waals surface area (Å²) in [7, 11) is 0. The molecule has 2 saturated heterocycles. The number of aliphatic hydroxyl groups is 6. The van der Waals surface area contributed by atoms with E-state index < -0.39 is 306 Å². The number of likely N-dealkylation sites (tertiary alicyclic amines) is 2. The third kappa shape index (κ3) is 41.8. The van der Waals surface area contributed by atoms with Gasteiger partial charge < -0.3 is 169 Å². The minimum Gasteiger partial charge on any atom is -0.480 e. The minimum absolute atomic E-state index is 0.00944. The van der Waals surface area contributed by atoms with Crippen molar-refractivity contribution >= 4 is 136 Å². The van der Waals surface area contributed by atoms with Crippen LogP contribution in [-0.4, -0.2) is 366 Å². The van der Waals surface area contributed by atoms with E-state index in [9.17, 15) is 136 Å². The molecular weight excluding hydrogens is 1900 g/mol. The third-order valence-electron chi connectivity index (χ3n) is 23.8. The zero-order valence-electron chi connectivity index (χ0n) is 85.2. The van der Waals surface area contributed by atoms with E-state index in [1.807, 2.05) is 0 Å². The standard InChI is InChI=1S/C89H157N27O28/c1-20-41(10)62(80(136)103-52(87(143)144)26-22-30-97-89(94)95)109-82(138)65(48(17)120)112-84(140)66(49(18)121)113-83(139)64(47(16)119)111-77(133)57-27-23-31-115(57)85(141)61(40(8)9)108-76(132)56(36-117)107-71(127)44(13)100-74(130)55(35-59(90)123)105-72(128)51(25-21-29-96-88(92)93)102-69(125)43(12)98-68(124)42(11)99-73(129)53(33-37(2)3)106-81(137)63(46(15)118)110-78(134)58-28-24-32-116(58)86(142)67(50(19)122)114-75(131)54(34-38(4)5)104-70(126)45(14)101-79(135)60(91)39(6)7/h37-58,60-67,117-122H,20-36,91H2,1-19H3,(H2,90,123)(H,98,124)(H,99,129)(H,100,130)(H,101,135)(H,102,125)(H,103,136)(H,104,126)(H,105,128)(H,106,137)(H,107,127)(H,108,132)(H,109,138)(H,110,134)(H,111,133)(H,112,140)(H,113,139)(H,114,131)(H,143,144)(H4,92,93,96)(H4,94,95,97)/t41-,42-,43-,44-,45-,46+,47+,48+,49+,50+,51-,52-,53-,54-,55-,56-,57-,58-,60-,61-,62-,63-,64-,65-,66-,67-/m0/s1. The molecule has 26 atom stereocenters. The van der Waals surface area contributed by atoms with E-state index in [2.05, 4.69) is 101 Å². The van der Waals surface area contributed by atoms with Crippen LogP contribution >= 0.6 is 0 Å². The van der Waals surface area contributed by atoms with Crippen LogP contribution in [0.15, 0.2) is 0 Å². The van der Waals surface area contributed by atoms with E-state index in [4.69, 9.17) is 33.8 Å². The Hall–Kier alpha value is -12.9. The number of aliphatic hydroxyl groups excluding tert-OH is 6. The zero-order valence-corrected chi connectivity index (χ0v) is 85.2. The number of rotatable bonds is 61. The maximum atomic E-state index is 14.5. The van der Waals surface area contributed by atoms with E-state index >= 15 is 0 Å². The molecule has 0 aromatic heterocycles. The fourth-order valence-corrected chi connectivity index (χ4v) is 15.0. The van der Waals surface area contributed by atoms with E-state index in [1.54, 1.807) is 55.4 Å². The predicted octanol–water partition coefficient (Wildman–Crippen LogP) is -11.5. The molecule has 20 amide bonds. The van der Waals surface area contributed by atoms with Gasteiger partial charge in [0.2, 0.25) is 118 Å². The summed E-state index contributed by atoms with van der Waals surface area (Å²) in [4.78, 5) is 291. The summed E-state index contributed by atoms with van der Waals surface area (Å²) in [6, 6.07) is -31.5. The Balaban J connectivity index is 2.28. The maximum Gasteiger partial charge on any atom is 0.326 e. The van der Waals surface area contributed by atoms with Gasteiger partial charge in [-0.1, -0.05) is 75.7 Å². The van der Waals surface area contributed by atoms with Crippen LogP contribution in [0.25, 0.3) is 0 Å². The first-order valence-electron chi connectivity index (χ1n) is 48.2. The molecule has 55 heteroatoms. The monoisotopic (exact) mass is 2050 g/mol. The number of carboxylic acids is 1. The smallest absolute Gasteiger partial charge is 0.326 e. The average molecular weight is 2050 g/mol. The Kier molecular flexibility index (Phi) is 54.2. The maximum absolute atomic E-state index is 14.5. The van der Waals surface area contributed by atoms with Crippen molar-refractivity contribution in [2.75, 3.05) is 32.8 Å². The SMILES string of the molecule is CC[C@H](C)[C@H](NC(=O)[C@@H](NC(=O)[C@@H](NC(=O)[C@@H](NC(=O)[C@@H]1CCCN1C(=O)[C@@H](NC(=O)[C@H](CO)NC(=O)[C@H](C)NC(=O)[C@H](CC(N)=O)NC(=O)[C@H](CCCNC(=N)N)NC(=O)[C@H](C)NC(=O)[C@H](C)NC(=O)[C@H](CC(C)C)NC(=O)[C@@H](NC(=O)[C@@H]1CCCN1C(=O)[C@@H](NC(=O)[C@H](CC(C)C)NC(=O)[C@H](C)NC(=O)[C@@H](N)C(C)C)[C@@H](C)O)[C@@H](C)O)C(C)C)[C@@H](C)O)[C@@H](C)O)[C@@H](C)O)C(=O)N[C@@H](CCCNC(=N)N)C(=O)O. The predicted molar refractivity (Wildman–Crippen MR) is 516 cm³/mol. The largest absolute Gasteiger partial charge is 0.480 e. The number of hydrogen-bond donors (Lipinski definition) is 32. The molecule has 2 aliphatic rings. The van der Waals surface area contributed by atoms with Gasteiger partial charge in [0, 0.05) is 26.2 Å². The molecule has 0 saturated carbocycles. The average Bonchev–Trinajstić information content (AvgIpc) is 1.66. The molecule has 816 valence electrons. The van der Waals surface area contributed by atoms with Gasteiger partial charge in [-0.3, -0.25) is 107 Å². The van der Waals surface area contributed by atoms with Crippen LogP contribution in [0.2, 0.25) is 0 Å². The molecular formula is C89H157N27O28. The van der Waals surface area contributed by atoms with Crippen LogP contribution in [0.1, 0.15) is 209 Å². The van der Waals surface area contributed by atoms with Gasteiger partial charge in [-0.2, -0.15) is 0 Å². The molecule has 2 aliphatic heterocycles. The van der Waals surface area contributed by atoms with E-state index in [-0.39, 0.29) is 121 Å². The molecule has 2 heterocycles. The number of nitrogens with one attached hydrogen (secondary N) is 21. The molecule has 0 bridgehead atoms. The van der Waals surface area contributed by atoms with Gasteiger partial charge in [-0.15, -0.1) is 0 Å². The highest BCUT2D eigenvalue weighted by atomic mass is 16.4. The number of carbonyl (C=O) groups excluding carboxylic acids is 20. The fraction of sp³-hybridized carbons (Fsp3) is 0.742. The second-order valence-electron chi connectivity index (χ2n) is 38.1. The highest BCUT2D eigenvalue weighted by molar-refractivity contribution is 6.03. The van der Waals surface area contributed by atoms with Crippen molar-refractivity contribution in [1.82, 2.24) is 111 Å². The Morgan fingerprint density at radius 1 is 0.340 bits per heavy atom. The number of amides is 20. The second-order valence-corrected chi connectivity index (χ2v) is 38.1. The quantitative estimate of drug-likeness (QED) is 0.0153. The highest BCUT2D eigenvalue weighted by Gasteiger charge is 2.47. The zero-order chi connectivity index (χ0) is 110. The molecule has 36 N–H and O–H groups in total. The van der Waals surface area contributed by atoms with E-state index in [0.29, 0.717) is 0 Å². The van der Waals surface area contributed by atoms with Crippen LogP contribution in [0.5, 0.6) is 0 Å². The molecule has 144 heavy (non-hydrogen) atoms. The van der Waals surface area contributed by atoms with E-state index in [1.165, 1.54) is 41.5 Å². The highest BCUT2D eigenvalue weighted by Crippen LogP contribution is 2.24. The molecule has 0 spiro atoms. The summed E-state index contributed by atoms with van der Waals surface area (Å²) >= 11 is 0. The molecule has 2 fully saturated rings. The second kappa shape index (κ2) is 61.3. The van der Waals surface area contributed by atoms with Crippen molar-refractivity contribution in [1.29, 1.82) is 10.8 Å². The lowest BCUT2D eigenvalue weighted by molar-refractivity contribution is -0.145. The summed E-state index contributed by atoms with van der Waals surface area (Å²) < 4.78 is 0. The molecule has 2 rings (SSSR count). The lowest BCUT2D eigenvalue weighted by Gasteiger charge is -2.33. The number of nitrogens with two attached hydrogens (primary N) is 4. The van der Waals surface area contributed by atoms with Gasteiger partial charge in [0.15, 0.2) is 11.9 Å².